The van der Waals surface area contributed by atoms with Gasteiger partial charge in [-0.3, -0.25) is 0 Å². The maximum absolute atomic E-state index is 12.0. The van der Waals surface area contributed by atoms with E-state index in [2.05, 4.69) is 0 Å². The number of carbonyl (C=O) groups excluding carboxylic acids is 1. The van der Waals surface area contributed by atoms with Crippen LogP contribution in [0.5, 0.6) is 0 Å². The normalized spacial score (nSPS) is 17.8. The van der Waals surface area contributed by atoms with Crippen LogP contribution in [0.4, 0.5) is 4.79 Å². The van der Waals surface area contributed by atoms with Crippen LogP contribution in [0.3, 0.4) is 0 Å². The van der Waals surface area contributed by atoms with Crippen molar-refractivity contribution < 1.29 is 14.1 Å². The van der Waals surface area contributed by atoms with Crippen molar-refractivity contribution in [2.45, 2.75) is 18.9 Å². The molecule has 0 bridgehead atoms. The van der Waals surface area contributed by atoms with Crippen LogP contribution >= 0.6 is 0 Å². The molecule has 16 heavy (non-hydrogen) atoms. The standard InChI is InChI=1S/C11H18N3O2/c1-12-7-8-14(9-12)11(15)13-5-3-10(16-2)4-6-13/h7-10H,3-6H2,1-2H3/q+1. The van der Waals surface area contributed by atoms with Crippen LogP contribution in [0, 0.1) is 0 Å². The molecule has 0 radical (unpaired) electrons. The molecule has 2 rings (SSSR count). The molecule has 0 unspecified atom stereocenters. The molecule has 88 valence electrons. The van der Waals surface area contributed by atoms with Gasteiger partial charge in [0.1, 0.15) is 12.4 Å². The number of carbonyl (C=O) groups is 1. The Morgan fingerprint density at radius 3 is 2.62 bits per heavy atom. The molecule has 5 heteroatoms. The molecule has 0 spiro atoms. The number of ether oxygens (including phenoxy) is 1. The van der Waals surface area contributed by atoms with Gasteiger partial charge in [0, 0.05) is 20.2 Å². The fraction of sp³-hybridized carbons (Fsp3) is 0.636. The van der Waals surface area contributed by atoms with Crippen LogP contribution in [-0.2, 0) is 11.8 Å². The Bertz CT molecular complexity index is 367. The molecule has 1 aromatic rings. The summed E-state index contributed by atoms with van der Waals surface area (Å²) >= 11 is 0. The van der Waals surface area contributed by atoms with Crippen LogP contribution in [0.25, 0.3) is 0 Å². The number of aromatic nitrogens is 2. The molecule has 2 heterocycles. The van der Waals surface area contributed by atoms with Crippen molar-refractivity contribution in [1.29, 1.82) is 0 Å². The van der Waals surface area contributed by atoms with E-state index in [9.17, 15) is 4.79 Å². The lowest BCUT2D eigenvalue weighted by Crippen LogP contribution is -2.42. The molecular formula is C11H18N3O2+. The van der Waals surface area contributed by atoms with E-state index in [-0.39, 0.29) is 6.03 Å². The Hall–Kier alpha value is -1.36. The van der Waals surface area contributed by atoms with Crippen molar-refractivity contribution in [2.24, 2.45) is 7.05 Å². The highest BCUT2D eigenvalue weighted by Crippen LogP contribution is 2.13. The fourth-order valence-corrected chi connectivity index (χ4v) is 2.01. The molecule has 1 saturated heterocycles. The van der Waals surface area contributed by atoms with E-state index in [0.29, 0.717) is 6.10 Å². The summed E-state index contributed by atoms with van der Waals surface area (Å²) in [5.74, 6) is 0. The first-order valence-corrected chi connectivity index (χ1v) is 5.56. The van der Waals surface area contributed by atoms with Gasteiger partial charge in [0.05, 0.1) is 13.2 Å². The Morgan fingerprint density at radius 2 is 2.12 bits per heavy atom. The number of amides is 1. The summed E-state index contributed by atoms with van der Waals surface area (Å²) in [7, 11) is 3.63. The Labute approximate surface area is 95.2 Å². The summed E-state index contributed by atoms with van der Waals surface area (Å²) in [6.07, 6.45) is 7.59. The number of hydrogen-bond acceptors (Lipinski definition) is 2. The van der Waals surface area contributed by atoms with Crippen LogP contribution in [-0.4, -0.2) is 41.8 Å². The molecule has 0 N–H and O–H groups in total. The van der Waals surface area contributed by atoms with Crippen molar-refractivity contribution in [3.63, 3.8) is 0 Å². The second-order valence-corrected chi connectivity index (χ2v) is 4.19. The predicted molar refractivity (Wildman–Crippen MR) is 58.0 cm³/mol. The van der Waals surface area contributed by atoms with Crippen LogP contribution in [0.1, 0.15) is 12.8 Å². The largest absolute Gasteiger partial charge is 0.415 e. The molecule has 1 aliphatic rings. The number of likely N-dealkylation sites (tertiary alicyclic amines) is 1. The van der Waals surface area contributed by atoms with E-state index in [0.717, 1.165) is 25.9 Å². The van der Waals surface area contributed by atoms with Gasteiger partial charge in [0.25, 0.3) is 6.33 Å². The SMILES string of the molecule is COC1CCN(C(=O)n2cc[n+](C)c2)CC1. The highest BCUT2D eigenvalue weighted by Gasteiger charge is 2.26. The van der Waals surface area contributed by atoms with Gasteiger partial charge in [-0.2, -0.15) is 4.57 Å². The van der Waals surface area contributed by atoms with Gasteiger partial charge < -0.3 is 9.64 Å². The molecule has 1 fully saturated rings. The van der Waals surface area contributed by atoms with Crippen molar-refractivity contribution in [3.8, 4) is 0 Å². The number of hydrogen-bond donors (Lipinski definition) is 0. The molecular weight excluding hydrogens is 206 g/mol. The van der Waals surface area contributed by atoms with Gasteiger partial charge in [0.15, 0.2) is 0 Å². The van der Waals surface area contributed by atoms with E-state index in [4.69, 9.17) is 4.74 Å². The summed E-state index contributed by atoms with van der Waals surface area (Å²) in [5, 5.41) is 0. The molecule has 0 atom stereocenters. The van der Waals surface area contributed by atoms with Gasteiger partial charge in [-0.05, 0) is 12.8 Å². The second-order valence-electron chi connectivity index (χ2n) is 4.19. The van der Waals surface area contributed by atoms with E-state index in [1.807, 2.05) is 22.7 Å². The number of methoxy groups -OCH3 is 1. The highest BCUT2D eigenvalue weighted by atomic mass is 16.5. The molecule has 1 amide bonds. The number of piperidine rings is 1. The third-order valence-electron chi connectivity index (χ3n) is 3.04. The third-order valence-corrected chi connectivity index (χ3v) is 3.04. The van der Waals surface area contributed by atoms with E-state index in [1.165, 1.54) is 0 Å². The number of rotatable bonds is 1. The zero-order valence-electron chi connectivity index (χ0n) is 9.80. The minimum absolute atomic E-state index is 0.0511. The zero-order chi connectivity index (χ0) is 11.5. The van der Waals surface area contributed by atoms with Gasteiger partial charge in [-0.1, -0.05) is 0 Å². The molecule has 0 saturated carbocycles. The lowest BCUT2D eigenvalue weighted by molar-refractivity contribution is -0.670. The van der Waals surface area contributed by atoms with Gasteiger partial charge in [-0.25, -0.2) is 9.36 Å². The lowest BCUT2D eigenvalue weighted by atomic mass is 10.1. The van der Waals surface area contributed by atoms with Gasteiger partial charge in [-0.15, -0.1) is 0 Å². The molecule has 0 aromatic carbocycles. The average Bonchev–Trinajstić information content (AvgIpc) is 2.75. The minimum Gasteiger partial charge on any atom is -0.381 e. The van der Waals surface area contributed by atoms with Crippen LogP contribution in [0.2, 0.25) is 0 Å². The maximum Gasteiger partial charge on any atom is 0.415 e. The van der Waals surface area contributed by atoms with E-state index in [1.54, 1.807) is 24.2 Å². The molecule has 1 aromatic heterocycles. The van der Waals surface area contributed by atoms with Gasteiger partial charge in [0.2, 0.25) is 0 Å². The first-order chi connectivity index (χ1) is 7.70. The topological polar surface area (TPSA) is 38.4 Å². The smallest absolute Gasteiger partial charge is 0.381 e. The Kier molecular flexibility index (Phi) is 3.24. The van der Waals surface area contributed by atoms with Crippen molar-refractivity contribution in [3.05, 3.63) is 18.7 Å². The number of aryl methyl sites for hydroxylation is 1. The minimum atomic E-state index is 0.0511. The van der Waals surface area contributed by atoms with E-state index < -0.39 is 0 Å². The Morgan fingerprint density at radius 1 is 1.44 bits per heavy atom. The maximum atomic E-state index is 12.0. The Balaban J connectivity index is 1.96. The summed E-state index contributed by atoms with van der Waals surface area (Å²) < 4.78 is 8.76. The number of nitrogens with zero attached hydrogens (tertiary/aromatic N) is 3. The predicted octanol–water partition coefficient (Wildman–Crippen LogP) is 0.391. The first kappa shape index (κ1) is 11.1. The van der Waals surface area contributed by atoms with Gasteiger partial charge >= 0.3 is 6.03 Å². The van der Waals surface area contributed by atoms with Crippen molar-refractivity contribution in [2.75, 3.05) is 20.2 Å². The average molecular weight is 224 g/mol. The first-order valence-electron chi connectivity index (χ1n) is 5.56. The molecule has 1 aliphatic heterocycles. The highest BCUT2D eigenvalue weighted by molar-refractivity contribution is 5.76. The third kappa shape index (κ3) is 2.24. The monoisotopic (exact) mass is 224 g/mol. The number of imidazole rings is 1. The fourth-order valence-electron chi connectivity index (χ4n) is 2.01. The van der Waals surface area contributed by atoms with Crippen molar-refractivity contribution in [1.82, 2.24) is 9.47 Å². The summed E-state index contributed by atoms with van der Waals surface area (Å²) in [6.45, 7) is 1.55. The summed E-state index contributed by atoms with van der Waals surface area (Å²) in [5.41, 5.74) is 0. The van der Waals surface area contributed by atoms with E-state index >= 15 is 0 Å². The quantitative estimate of drug-likeness (QED) is 0.647. The second kappa shape index (κ2) is 4.65. The van der Waals surface area contributed by atoms with Crippen LogP contribution < -0.4 is 4.57 Å². The molecule has 5 nitrogen and oxygen atoms in total. The molecule has 0 aliphatic carbocycles. The zero-order valence-corrected chi connectivity index (χ0v) is 9.80. The lowest BCUT2D eigenvalue weighted by Gasteiger charge is -2.29. The van der Waals surface area contributed by atoms with Crippen molar-refractivity contribution >= 4 is 6.03 Å². The van der Waals surface area contributed by atoms with Crippen LogP contribution in [0.15, 0.2) is 18.7 Å². The summed E-state index contributed by atoms with van der Waals surface area (Å²) in [4.78, 5) is 13.9. The summed E-state index contributed by atoms with van der Waals surface area (Å²) in [6, 6.07) is 0.0511.